The number of carbonyl (C=O) groups is 1. The van der Waals surface area contributed by atoms with Crippen molar-refractivity contribution in [1.82, 2.24) is 0 Å². The van der Waals surface area contributed by atoms with E-state index in [2.05, 4.69) is 0 Å². The number of nitrogens with one attached hydrogen (secondary N) is 1. The van der Waals surface area contributed by atoms with Crippen LogP contribution in [0.4, 0.5) is 0 Å². The van der Waals surface area contributed by atoms with E-state index in [9.17, 15) is 4.79 Å². The van der Waals surface area contributed by atoms with Crippen molar-refractivity contribution in [2.45, 2.75) is 0 Å². The van der Waals surface area contributed by atoms with E-state index in [1.807, 2.05) is 0 Å². The molecule has 0 saturated heterocycles. The van der Waals surface area contributed by atoms with Gasteiger partial charge in [0, 0.05) is 0 Å². The molecule has 3 N–H and O–H groups in total. The second kappa shape index (κ2) is 5.53. The predicted octanol–water partition coefficient (Wildman–Crippen LogP) is 0.382. The molecule has 66 valence electrons. The van der Waals surface area contributed by atoms with Crippen LogP contribution in [-0.4, -0.2) is 24.8 Å². The van der Waals surface area contributed by atoms with Crippen molar-refractivity contribution in [3.05, 3.63) is 24.3 Å². The van der Waals surface area contributed by atoms with E-state index in [-0.39, 0.29) is 5.78 Å². The lowest BCUT2D eigenvalue weighted by molar-refractivity contribution is -0.110. The fourth-order valence-electron chi connectivity index (χ4n) is 0.455. The van der Waals surface area contributed by atoms with Crippen LogP contribution in [0.3, 0.4) is 0 Å². The van der Waals surface area contributed by atoms with Gasteiger partial charge in [-0.25, -0.2) is 0 Å². The Labute approximate surface area is 71.4 Å². The largest absolute Gasteiger partial charge is 0.301 e. The SMILES string of the molecule is N=C1C=CC(=O)C=C1.O=S(O)O. The molecule has 5 nitrogen and oxygen atoms in total. The second-order valence-electron chi connectivity index (χ2n) is 1.76. The normalized spacial score (nSPS) is 14.6. The van der Waals surface area contributed by atoms with Crippen LogP contribution in [-0.2, 0) is 16.2 Å². The van der Waals surface area contributed by atoms with Gasteiger partial charge in [-0.1, -0.05) is 0 Å². The molecular formula is C6H7NO4S. The van der Waals surface area contributed by atoms with Gasteiger partial charge < -0.3 is 5.41 Å². The Morgan fingerprint density at radius 1 is 1.17 bits per heavy atom. The number of carbonyl (C=O) groups excluding carboxylic acids is 1. The third-order valence-corrected chi connectivity index (χ3v) is 0.854. The number of allylic oxidation sites excluding steroid dienone is 4. The first-order valence-corrected chi connectivity index (χ1v) is 3.87. The van der Waals surface area contributed by atoms with Gasteiger partial charge in [-0.15, -0.1) is 0 Å². The summed E-state index contributed by atoms with van der Waals surface area (Å²) in [4.78, 5) is 10.3. The van der Waals surface area contributed by atoms with Gasteiger partial charge in [0.15, 0.2) is 5.78 Å². The minimum atomic E-state index is -2.61. The van der Waals surface area contributed by atoms with Crippen molar-refractivity contribution < 1.29 is 18.1 Å². The molecule has 0 aromatic carbocycles. The Balaban J connectivity index is 0.000000261. The van der Waals surface area contributed by atoms with Crippen LogP contribution >= 0.6 is 0 Å². The maximum Gasteiger partial charge on any atom is 0.299 e. The van der Waals surface area contributed by atoms with Gasteiger partial charge in [0.1, 0.15) is 0 Å². The maximum atomic E-state index is 10.3. The topological polar surface area (TPSA) is 98.5 Å². The van der Waals surface area contributed by atoms with Crippen molar-refractivity contribution in [2.24, 2.45) is 0 Å². The van der Waals surface area contributed by atoms with Crippen molar-refractivity contribution in [2.75, 3.05) is 0 Å². The molecule has 0 bridgehead atoms. The third kappa shape index (κ3) is 7.00. The molecule has 1 rings (SSSR count). The van der Waals surface area contributed by atoms with E-state index in [4.69, 9.17) is 18.7 Å². The first-order chi connectivity index (χ1) is 5.52. The molecule has 0 saturated carbocycles. The molecule has 12 heavy (non-hydrogen) atoms. The molecule has 1 aliphatic rings. The molecule has 1 aliphatic carbocycles. The van der Waals surface area contributed by atoms with Gasteiger partial charge >= 0.3 is 0 Å². The summed E-state index contributed by atoms with van der Waals surface area (Å²) >= 11 is -2.61. The number of hydrogen-bond donors (Lipinski definition) is 3. The van der Waals surface area contributed by atoms with Crippen molar-refractivity contribution >= 4 is 22.9 Å². The van der Waals surface area contributed by atoms with Gasteiger partial charge in [-0.2, -0.15) is 4.21 Å². The molecule has 0 amide bonds. The predicted molar refractivity (Wildman–Crippen MR) is 44.4 cm³/mol. The van der Waals surface area contributed by atoms with Crippen LogP contribution in [0.1, 0.15) is 0 Å². The van der Waals surface area contributed by atoms with Crippen LogP contribution in [0.2, 0.25) is 0 Å². The summed E-state index contributed by atoms with van der Waals surface area (Å²) in [6.45, 7) is 0. The van der Waals surface area contributed by atoms with Crippen LogP contribution in [0, 0.1) is 5.41 Å². The van der Waals surface area contributed by atoms with E-state index in [1.54, 1.807) is 0 Å². The summed E-state index contributed by atoms with van der Waals surface area (Å²) in [5.41, 5.74) is 0.379. The van der Waals surface area contributed by atoms with Crippen LogP contribution in [0.15, 0.2) is 24.3 Å². The molecule has 0 atom stereocenters. The molecule has 0 spiro atoms. The Bertz CT molecular complexity index is 227. The lowest BCUT2D eigenvalue weighted by atomic mass is 10.2. The lowest BCUT2D eigenvalue weighted by Crippen LogP contribution is -1.96. The summed E-state index contributed by atoms with van der Waals surface area (Å²) in [7, 11) is 0. The molecule has 0 heterocycles. The van der Waals surface area contributed by atoms with Crippen molar-refractivity contribution in [3.63, 3.8) is 0 Å². The van der Waals surface area contributed by atoms with Gasteiger partial charge in [0.05, 0.1) is 5.71 Å². The molecule has 0 radical (unpaired) electrons. The molecule has 6 heteroatoms. The monoisotopic (exact) mass is 189 g/mol. The van der Waals surface area contributed by atoms with E-state index >= 15 is 0 Å². The van der Waals surface area contributed by atoms with Crippen molar-refractivity contribution in [1.29, 1.82) is 5.41 Å². The van der Waals surface area contributed by atoms with Gasteiger partial charge in [-0.05, 0) is 24.3 Å². The highest BCUT2D eigenvalue weighted by Gasteiger charge is 1.94. The zero-order valence-corrected chi connectivity index (χ0v) is 6.75. The summed E-state index contributed by atoms with van der Waals surface area (Å²) in [5.74, 6) is -0.0407. The summed E-state index contributed by atoms with van der Waals surface area (Å²) in [6, 6.07) is 0. The van der Waals surface area contributed by atoms with Crippen LogP contribution in [0.5, 0.6) is 0 Å². The smallest absolute Gasteiger partial charge is 0.299 e. The molecule has 0 aromatic heterocycles. The number of ketones is 1. The highest BCUT2D eigenvalue weighted by atomic mass is 32.2. The zero-order chi connectivity index (χ0) is 9.56. The van der Waals surface area contributed by atoms with E-state index < -0.39 is 11.4 Å². The molecule has 0 fully saturated rings. The van der Waals surface area contributed by atoms with Gasteiger partial charge in [0.25, 0.3) is 11.4 Å². The van der Waals surface area contributed by atoms with E-state index in [0.717, 1.165) is 0 Å². The number of rotatable bonds is 0. The quantitative estimate of drug-likeness (QED) is 0.379. The minimum absolute atomic E-state index is 0.0407. The molecule has 0 aromatic rings. The fourth-order valence-corrected chi connectivity index (χ4v) is 0.455. The lowest BCUT2D eigenvalue weighted by Gasteiger charge is -1.90. The molecule has 0 unspecified atom stereocenters. The standard InChI is InChI=1S/C6H5NO.H2O3S/c7-5-1-3-6(8)4-2-5;1-4(2)3/h1-4,7H;(H2,1,2,3). The average Bonchev–Trinajstić information content (AvgIpc) is 1.94. The first-order valence-electron chi connectivity index (χ1n) is 2.81. The highest BCUT2D eigenvalue weighted by Crippen LogP contribution is 1.91. The second-order valence-corrected chi connectivity index (χ2v) is 2.22. The number of hydrogen-bond acceptors (Lipinski definition) is 3. The highest BCUT2D eigenvalue weighted by molar-refractivity contribution is 7.73. The van der Waals surface area contributed by atoms with Crippen LogP contribution in [0.25, 0.3) is 0 Å². The van der Waals surface area contributed by atoms with Crippen molar-refractivity contribution in [3.8, 4) is 0 Å². The van der Waals surface area contributed by atoms with Gasteiger partial charge in [0.2, 0.25) is 0 Å². The summed E-state index contributed by atoms with van der Waals surface area (Å²) < 4.78 is 22.8. The minimum Gasteiger partial charge on any atom is -0.301 e. The summed E-state index contributed by atoms with van der Waals surface area (Å²) in [6.07, 6.45) is 5.70. The molecular weight excluding hydrogens is 182 g/mol. The average molecular weight is 189 g/mol. The Kier molecular flexibility index (Phi) is 5.02. The first kappa shape index (κ1) is 10.9. The van der Waals surface area contributed by atoms with Gasteiger partial charge in [-0.3, -0.25) is 13.9 Å². The van der Waals surface area contributed by atoms with Crippen LogP contribution < -0.4 is 0 Å². The van der Waals surface area contributed by atoms with E-state index in [0.29, 0.717) is 5.71 Å². The maximum absolute atomic E-state index is 10.3. The Morgan fingerprint density at radius 2 is 1.50 bits per heavy atom. The fraction of sp³-hybridized carbons (Fsp3) is 0. The zero-order valence-electron chi connectivity index (χ0n) is 5.93. The Morgan fingerprint density at radius 3 is 1.75 bits per heavy atom. The third-order valence-electron chi connectivity index (χ3n) is 0.854. The van der Waals surface area contributed by atoms with E-state index in [1.165, 1.54) is 24.3 Å². The Hall–Kier alpha value is -1.11. The summed E-state index contributed by atoms with van der Waals surface area (Å²) in [5, 5.41) is 6.95. The molecule has 0 aliphatic heterocycles.